The topological polar surface area (TPSA) is 41.6 Å². The molecule has 0 saturated carbocycles. The Morgan fingerprint density at radius 3 is 2.19 bits per heavy atom. The zero-order chi connectivity index (χ0) is 22.7. The van der Waals surface area contributed by atoms with Gasteiger partial charge in [0.1, 0.15) is 5.60 Å². The van der Waals surface area contributed by atoms with Crippen LogP contribution in [0.5, 0.6) is 0 Å². The fourth-order valence-corrected chi connectivity index (χ4v) is 3.78. The lowest BCUT2D eigenvalue weighted by atomic mass is 9.97. The molecule has 0 fully saturated rings. The number of ether oxygens (including phenoxy) is 1. The zero-order valence-electron chi connectivity index (χ0n) is 19.5. The Kier molecular flexibility index (Phi) is 9.96. The lowest BCUT2D eigenvalue weighted by Crippen LogP contribution is -2.36. The van der Waals surface area contributed by atoms with Gasteiger partial charge in [-0.3, -0.25) is 9.69 Å². The van der Waals surface area contributed by atoms with Gasteiger partial charge >= 0.3 is 5.97 Å². The van der Waals surface area contributed by atoms with E-state index < -0.39 is 5.60 Å². The molecule has 1 N–H and O–H groups in total. The molecule has 0 spiro atoms. The van der Waals surface area contributed by atoms with E-state index in [9.17, 15) is 4.79 Å². The summed E-state index contributed by atoms with van der Waals surface area (Å²) in [5, 5.41) is 3.38. The van der Waals surface area contributed by atoms with Gasteiger partial charge in [-0.15, -0.1) is 6.58 Å². The maximum absolute atomic E-state index is 12.8. The second kappa shape index (κ2) is 12.4. The van der Waals surface area contributed by atoms with Crippen LogP contribution >= 0.6 is 0 Å². The first kappa shape index (κ1) is 24.8. The predicted molar refractivity (Wildman–Crippen MR) is 129 cm³/mol. The van der Waals surface area contributed by atoms with E-state index in [2.05, 4.69) is 60.1 Å². The van der Waals surface area contributed by atoms with Crippen LogP contribution in [-0.2, 0) is 9.53 Å². The molecule has 2 atom stereocenters. The van der Waals surface area contributed by atoms with Crippen molar-refractivity contribution in [3.05, 3.63) is 84.4 Å². The Balaban J connectivity index is 2.31. The molecule has 0 aliphatic heterocycles. The molecule has 0 aliphatic carbocycles. The third-order valence-corrected chi connectivity index (χ3v) is 5.20. The smallest absolute Gasteiger partial charge is 0.308 e. The normalized spacial score (nSPS) is 13.6. The quantitative estimate of drug-likeness (QED) is 0.271. The molecule has 0 heterocycles. The number of hydrogen-bond donors (Lipinski definition) is 1. The highest BCUT2D eigenvalue weighted by Crippen LogP contribution is 2.33. The minimum atomic E-state index is -0.497. The summed E-state index contributed by atoms with van der Waals surface area (Å²) >= 11 is 0. The van der Waals surface area contributed by atoms with E-state index in [0.717, 1.165) is 31.6 Å². The molecule has 4 nitrogen and oxygen atoms in total. The van der Waals surface area contributed by atoms with Crippen LogP contribution in [0.2, 0.25) is 0 Å². The lowest BCUT2D eigenvalue weighted by molar-refractivity contribution is -0.156. The summed E-state index contributed by atoms with van der Waals surface area (Å²) in [5.41, 5.74) is 1.88. The van der Waals surface area contributed by atoms with Crippen LogP contribution < -0.4 is 5.32 Å². The maximum Gasteiger partial charge on any atom is 0.308 e. The summed E-state index contributed by atoms with van der Waals surface area (Å²) in [4.78, 5) is 15.3. The van der Waals surface area contributed by atoms with Crippen molar-refractivity contribution < 1.29 is 9.53 Å². The SMILES string of the molecule is C=CCNCCCN([C@H](C)c1ccccc1)[C@@H](CC(=O)OC(C)(C)C)c1ccccc1. The number of nitrogens with zero attached hydrogens (tertiary/aromatic N) is 1. The summed E-state index contributed by atoms with van der Waals surface area (Å²) in [6, 6.07) is 20.9. The van der Waals surface area contributed by atoms with E-state index in [1.165, 1.54) is 5.56 Å². The lowest BCUT2D eigenvalue weighted by Gasteiger charge is -2.37. The molecular formula is C27H38N2O2. The standard InChI is InChI=1S/C27H38N2O2/c1-6-18-28-19-13-20-29(22(2)23-14-9-7-10-15-23)25(24-16-11-8-12-17-24)21-26(30)31-27(3,4)5/h6-12,14-17,22,25,28H,1,13,18-21H2,2-5H3/t22-,25+/m1/s1. The fourth-order valence-electron chi connectivity index (χ4n) is 3.78. The summed E-state index contributed by atoms with van der Waals surface area (Å²) in [7, 11) is 0. The van der Waals surface area contributed by atoms with Crippen molar-refractivity contribution in [3.63, 3.8) is 0 Å². The number of carbonyl (C=O) groups excluding carboxylic acids is 1. The molecule has 2 aromatic carbocycles. The van der Waals surface area contributed by atoms with Gasteiger partial charge < -0.3 is 10.1 Å². The summed E-state index contributed by atoms with van der Waals surface area (Å²) < 4.78 is 5.69. The van der Waals surface area contributed by atoms with Crippen molar-refractivity contribution >= 4 is 5.97 Å². The van der Waals surface area contributed by atoms with Crippen LogP contribution in [0.25, 0.3) is 0 Å². The first-order valence-electron chi connectivity index (χ1n) is 11.2. The van der Waals surface area contributed by atoms with Gasteiger partial charge in [-0.2, -0.15) is 0 Å². The number of benzene rings is 2. The van der Waals surface area contributed by atoms with Crippen molar-refractivity contribution in [2.24, 2.45) is 0 Å². The molecule has 31 heavy (non-hydrogen) atoms. The average molecular weight is 423 g/mol. The Hall–Kier alpha value is -2.43. The first-order valence-corrected chi connectivity index (χ1v) is 11.2. The summed E-state index contributed by atoms with van der Waals surface area (Å²) in [6.45, 7) is 14.3. The highest BCUT2D eigenvalue weighted by atomic mass is 16.6. The van der Waals surface area contributed by atoms with Gasteiger partial charge in [0.2, 0.25) is 0 Å². The van der Waals surface area contributed by atoms with Crippen molar-refractivity contribution in [2.75, 3.05) is 19.6 Å². The Bertz CT molecular complexity index is 784. The van der Waals surface area contributed by atoms with E-state index in [1.807, 2.05) is 51.1 Å². The summed E-state index contributed by atoms with van der Waals surface area (Å²) in [6.07, 6.45) is 3.17. The van der Waals surface area contributed by atoms with Crippen LogP contribution in [0, 0.1) is 0 Å². The van der Waals surface area contributed by atoms with E-state index >= 15 is 0 Å². The number of nitrogens with one attached hydrogen (secondary N) is 1. The molecular weight excluding hydrogens is 384 g/mol. The van der Waals surface area contributed by atoms with Gasteiger partial charge in [-0.25, -0.2) is 0 Å². The van der Waals surface area contributed by atoms with Crippen LogP contribution in [-0.4, -0.2) is 36.1 Å². The van der Waals surface area contributed by atoms with Gasteiger partial charge in [0, 0.05) is 25.2 Å². The van der Waals surface area contributed by atoms with E-state index in [-0.39, 0.29) is 18.1 Å². The third-order valence-electron chi connectivity index (χ3n) is 5.20. The Morgan fingerprint density at radius 2 is 1.65 bits per heavy atom. The molecule has 168 valence electrons. The minimum Gasteiger partial charge on any atom is -0.460 e. The van der Waals surface area contributed by atoms with E-state index in [4.69, 9.17) is 4.74 Å². The molecule has 0 amide bonds. The summed E-state index contributed by atoms with van der Waals surface area (Å²) in [5.74, 6) is -0.170. The number of carbonyl (C=O) groups is 1. The third kappa shape index (κ3) is 8.68. The van der Waals surface area contributed by atoms with Crippen molar-refractivity contribution in [1.29, 1.82) is 0 Å². The number of esters is 1. The zero-order valence-corrected chi connectivity index (χ0v) is 19.5. The number of hydrogen-bond acceptors (Lipinski definition) is 4. The van der Waals surface area contributed by atoms with Gasteiger partial charge in [0.15, 0.2) is 0 Å². The molecule has 0 aliphatic rings. The minimum absolute atomic E-state index is 0.0642. The van der Waals surface area contributed by atoms with Gasteiger partial charge in [0.25, 0.3) is 0 Å². The Morgan fingerprint density at radius 1 is 1.06 bits per heavy atom. The van der Waals surface area contributed by atoms with Crippen LogP contribution in [0.1, 0.15) is 63.7 Å². The first-order chi connectivity index (χ1) is 14.8. The van der Waals surface area contributed by atoms with Gasteiger partial charge in [0.05, 0.1) is 6.42 Å². The average Bonchev–Trinajstić information content (AvgIpc) is 2.74. The molecule has 4 heteroatoms. The number of rotatable bonds is 12. The molecule has 0 unspecified atom stereocenters. The molecule has 0 bridgehead atoms. The van der Waals surface area contributed by atoms with Crippen LogP contribution in [0.3, 0.4) is 0 Å². The van der Waals surface area contributed by atoms with Gasteiger partial charge in [-0.1, -0.05) is 66.7 Å². The second-order valence-corrected chi connectivity index (χ2v) is 8.89. The molecule has 0 radical (unpaired) electrons. The second-order valence-electron chi connectivity index (χ2n) is 8.89. The van der Waals surface area contributed by atoms with Crippen molar-refractivity contribution in [2.45, 2.75) is 58.2 Å². The highest BCUT2D eigenvalue weighted by Gasteiger charge is 2.29. The maximum atomic E-state index is 12.8. The highest BCUT2D eigenvalue weighted by molar-refractivity contribution is 5.71. The molecule has 0 saturated heterocycles. The predicted octanol–water partition coefficient (Wildman–Crippen LogP) is 5.69. The molecule has 0 aromatic heterocycles. The Labute approximate surface area is 188 Å². The fraction of sp³-hybridized carbons (Fsp3) is 0.444. The van der Waals surface area contributed by atoms with Crippen LogP contribution in [0.4, 0.5) is 0 Å². The largest absolute Gasteiger partial charge is 0.460 e. The van der Waals surface area contributed by atoms with Crippen LogP contribution in [0.15, 0.2) is 73.3 Å². The molecule has 2 rings (SSSR count). The van der Waals surface area contributed by atoms with E-state index in [1.54, 1.807) is 0 Å². The monoisotopic (exact) mass is 422 g/mol. The van der Waals surface area contributed by atoms with Crippen molar-refractivity contribution in [1.82, 2.24) is 10.2 Å². The molecule has 2 aromatic rings. The van der Waals surface area contributed by atoms with Crippen molar-refractivity contribution in [3.8, 4) is 0 Å². The van der Waals surface area contributed by atoms with Gasteiger partial charge in [-0.05, 0) is 51.8 Å². The van der Waals surface area contributed by atoms with E-state index in [0.29, 0.717) is 6.42 Å².